The zero-order chi connectivity index (χ0) is 33.6. The lowest BCUT2D eigenvalue weighted by Gasteiger charge is -2.59. The Kier molecular flexibility index (Phi) is 6.00. The van der Waals surface area contributed by atoms with Crippen LogP contribution in [0.15, 0.2) is 121 Å². The Hall–Kier alpha value is -3.68. The van der Waals surface area contributed by atoms with Crippen molar-refractivity contribution in [3.63, 3.8) is 0 Å². The molecule has 2 spiro atoms. The van der Waals surface area contributed by atoms with Gasteiger partial charge in [-0.3, -0.25) is 0 Å². The zero-order valence-corrected chi connectivity index (χ0v) is 29.1. The molecule has 9 aliphatic rings. The molecule has 4 bridgehead atoms. The molecule has 6 fully saturated rings. The lowest BCUT2D eigenvalue weighted by molar-refractivity contribution is -0.937. The van der Waals surface area contributed by atoms with E-state index >= 15 is 0 Å². The summed E-state index contributed by atoms with van der Waals surface area (Å²) >= 11 is 0. The smallest absolute Gasteiger partial charge is 0.103 e. The third-order valence-corrected chi connectivity index (χ3v) is 15.9. The van der Waals surface area contributed by atoms with Crippen LogP contribution in [0.2, 0.25) is 0 Å². The molecule has 2 N–H and O–H groups in total. The summed E-state index contributed by atoms with van der Waals surface area (Å²) in [4.78, 5) is 5.54. The highest BCUT2D eigenvalue weighted by molar-refractivity contribution is 5.77. The lowest BCUT2D eigenvalue weighted by Crippen LogP contribution is -2.69. The van der Waals surface area contributed by atoms with Crippen LogP contribution >= 0.6 is 0 Å². The Balaban J connectivity index is 1.22. The second kappa shape index (κ2) is 10.0. The maximum Gasteiger partial charge on any atom is 0.103 e. The predicted octanol–water partition coefficient (Wildman–Crippen LogP) is 5.48. The first-order valence-electron chi connectivity index (χ1n) is 19.2. The zero-order valence-electron chi connectivity index (χ0n) is 29.1. The number of aliphatic hydroxyl groups is 2. The highest BCUT2D eigenvalue weighted by atomic mass is 16.3. The van der Waals surface area contributed by atoms with Crippen molar-refractivity contribution in [3.8, 4) is 0 Å². The van der Waals surface area contributed by atoms with E-state index in [2.05, 4.69) is 108 Å². The molecule has 2 saturated carbocycles. The number of aliphatic hydroxyl groups excluding tert-OH is 2. The van der Waals surface area contributed by atoms with E-state index in [9.17, 15) is 10.2 Å². The molecule has 7 aliphatic heterocycles. The Labute approximate surface area is 296 Å². The number of fused-ring (bicyclic) bond motifs is 8. The number of para-hydroxylation sites is 2. The average Bonchev–Trinajstić information content (AvgIpc) is 3.81. The summed E-state index contributed by atoms with van der Waals surface area (Å²) in [6, 6.07) is 20.3. The van der Waals surface area contributed by atoms with Crippen LogP contribution in [0.4, 0.5) is 11.4 Å². The van der Waals surface area contributed by atoms with Crippen LogP contribution in [0.25, 0.3) is 0 Å². The molecular weight excluding hydrogens is 617 g/mol. The standard InChI is InChI=1S/C44H50N4O2/c1-3-17-47-19-15-43-35-9-5-7-11-37(35)45-26-34-32-24-40-44(16-20-48(40,18-4-2)28-30(32)14-22-50)36-10-6-8-12-38(36)46(42(34)44)25-33(41(43)45)31(23-39(43)47)29(27-47)13-21-49/h3-14,25-26,31-32,39-42,49-50H,1-2,15-24,27-28H2/q+2/b29-13-,30-14-,33-25?,34-26?/t31?,32?,39-,40-,41-,42-,43?,44?,47?,48?/m0/s1. The maximum absolute atomic E-state index is 10.5. The molecule has 2 aliphatic carbocycles. The van der Waals surface area contributed by atoms with E-state index in [1.807, 2.05) is 0 Å². The topological polar surface area (TPSA) is 46.9 Å². The average molecular weight is 667 g/mol. The van der Waals surface area contributed by atoms with Crippen molar-refractivity contribution in [2.75, 3.05) is 62.3 Å². The molecule has 6 nitrogen and oxygen atoms in total. The summed E-state index contributed by atoms with van der Waals surface area (Å²) in [5, 5.41) is 20.9. The molecule has 11 rings (SSSR count). The lowest BCUT2D eigenvalue weighted by atomic mass is 9.56. The minimum atomic E-state index is 0.0183. The van der Waals surface area contributed by atoms with Crippen LogP contribution in [-0.2, 0) is 10.8 Å². The molecule has 6 heteroatoms. The van der Waals surface area contributed by atoms with Gasteiger partial charge in [0.05, 0.1) is 62.3 Å². The summed E-state index contributed by atoms with van der Waals surface area (Å²) in [6.07, 6.45) is 18.6. The molecule has 10 atom stereocenters. The number of hydrogen-bond acceptors (Lipinski definition) is 4. The fraction of sp³-hybridized carbons (Fsp3) is 0.455. The van der Waals surface area contributed by atoms with Crippen molar-refractivity contribution in [3.05, 3.63) is 132 Å². The third kappa shape index (κ3) is 3.24. The number of anilines is 2. The van der Waals surface area contributed by atoms with Gasteiger partial charge in [0.15, 0.2) is 0 Å². The summed E-state index contributed by atoms with van der Waals surface area (Å²) in [5.74, 6) is 0.615. The van der Waals surface area contributed by atoms with Gasteiger partial charge in [-0.2, -0.15) is 0 Å². The maximum atomic E-state index is 10.5. The molecule has 0 amide bonds. The van der Waals surface area contributed by atoms with Crippen molar-refractivity contribution < 1.29 is 19.2 Å². The molecule has 50 heavy (non-hydrogen) atoms. The van der Waals surface area contributed by atoms with Gasteiger partial charge in [0.2, 0.25) is 0 Å². The fourth-order valence-electron chi connectivity index (χ4n) is 14.6. The predicted molar refractivity (Wildman–Crippen MR) is 198 cm³/mol. The summed E-state index contributed by atoms with van der Waals surface area (Å²) in [6.45, 7) is 15.0. The van der Waals surface area contributed by atoms with Gasteiger partial charge in [-0.25, -0.2) is 0 Å². The van der Waals surface area contributed by atoms with Crippen LogP contribution in [-0.4, -0.2) is 95.8 Å². The van der Waals surface area contributed by atoms with E-state index in [1.165, 1.54) is 33.6 Å². The monoisotopic (exact) mass is 666 g/mol. The van der Waals surface area contributed by atoms with Gasteiger partial charge >= 0.3 is 0 Å². The summed E-state index contributed by atoms with van der Waals surface area (Å²) in [5.41, 5.74) is 11.8. The van der Waals surface area contributed by atoms with Gasteiger partial charge in [-0.1, -0.05) is 61.7 Å². The van der Waals surface area contributed by atoms with Crippen LogP contribution < -0.4 is 9.80 Å². The van der Waals surface area contributed by atoms with Gasteiger partial charge in [-0.05, 0) is 57.7 Å². The molecule has 0 radical (unpaired) electrons. The first kappa shape index (κ1) is 30.0. The van der Waals surface area contributed by atoms with Crippen molar-refractivity contribution in [2.45, 2.75) is 60.7 Å². The normalized spacial score (nSPS) is 43.4. The molecule has 0 aromatic heterocycles. The summed E-state index contributed by atoms with van der Waals surface area (Å²) in [7, 11) is 0. The number of piperidine rings is 2. The van der Waals surface area contributed by atoms with Crippen molar-refractivity contribution in [1.82, 2.24) is 0 Å². The van der Waals surface area contributed by atoms with E-state index in [0.717, 1.165) is 73.9 Å². The van der Waals surface area contributed by atoms with Gasteiger partial charge in [0.25, 0.3) is 0 Å². The van der Waals surface area contributed by atoms with E-state index in [0.29, 0.717) is 23.9 Å². The van der Waals surface area contributed by atoms with Gasteiger partial charge in [-0.15, -0.1) is 0 Å². The third-order valence-electron chi connectivity index (χ3n) is 15.9. The number of hydrogen-bond donors (Lipinski definition) is 2. The van der Waals surface area contributed by atoms with Crippen LogP contribution in [0.1, 0.15) is 36.8 Å². The Morgan fingerprint density at radius 3 is 1.54 bits per heavy atom. The van der Waals surface area contributed by atoms with Crippen molar-refractivity contribution in [1.29, 1.82) is 0 Å². The number of quaternary nitrogens is 2. The Morgan fingerprint density at radius 2 is 1.12 bits per heavy atom. The highest BCUT2D eigenvalue weighted by Gasteiger charge is 2.75. The second-order valence-electron chi connectivity index (χ2n) is 17.2. The van der Waals surface area contributed by atoms with E-state index in [1.54, 1.807) is 11.1 Å². The van der Waals surface area contributed by atoms with Gasteiger partial charge in [0.1, 0.15) is 25.2 Å². The Morgan fingerprint density at radius 1 is 0.680 bits per heavy atom. The van der Waals surface area contributed by atoms with Crippen molar-refractivity contribution >= 4 is 11.4 Å². The minimum absolute atomic E-state index is 0.0183. The van der Waals surface area contributed by atoms with Gasteiger partial charge < -0.3 is 29.0 Å². The minimum Gasteiger partial charge on any atom is -0.392 e. The van der Waals surface area contributed by atoms with E-state index in [-0.39, 0.29) is 36.1 Å². The van der Waals surface area contributed by atoms with Crippen molar-refractivity contribution in [2.24, 2.45) is 11.8 Å². The molecule has 4 saturated heterocycles. The molecule has 256 valence electrons. The highest BCUT2D eigenvalue weighted by Crippen LogP contribution is 2.69. The SMILES string of the molecule is C=CC[N+]12CCC34c5ccccc5N5C=C6C7C[C@H]8C9(CC[N+]8(CC=C)C/C7=C/CO)c7ccccc7N(C=C(C(C[C@@H]31)/C(=C\CO)C2)[C@H]54)[C@@H]69. The second-order valence-corrected chi connectivity index (χ2v) is 17.2. The summed E-state index contributed by atoms with van der Waals surface area (Å²) < 4.78 is 2.12. The van der Waals surface area contributed by atoms with Gasteiger partial charge in [0, 0.05) is 61.3 Å². The molecule has 7 heterocycles. The first-order valence-corrected chi connectivity index (χ1v) is 19.2. The quantitative estimate of drug-likeness (QED) is 0.317. The molecule has 2 aromatic rings. The molecular formula is C44H50N4O2+2. The number of nitrogens with zero attached hydrogens (tertiary/aromatic N) is 4. The molecule has 6 unspecified atom stereocenters. The van der Waals surface area contributed by atoms with Crippen LogP contribution in [0, 0.1) is 11.8 Å². The first-order chi connectivity index (χ1) is 24.5. The van der Waals surface area contributed by atoms with E-state index < -0.39 is 0 Å². The van der Waals surface area contributed by atoms with Crippen LogP contribution in [0.3, 0.4) is 0 Å². The van der Waals surface area contributed by atoms with Crippen LogP contribution in [0.5, 0.6) is 0 Å². The van der Waals surface area contributed by atoms with E-state index in [4.69, 9.17) is 0 Å². The number of benzene rings is 2. The fourth-order valence-corrected chi connectivity index (χ4v) is 14.6. The largest absolute Gasteiger partial charge is 0.392 e. The molecule has 2 aromatic carbocycles. The Bertz CT molecular complexity index is 1850. The number of rotatable bonds is 6.